The maximum atomic E-state index is 12.7. The standard InChI is InChI=1S/C16H22N2O3/c1-20-12-5-6-13(15(8-12)21-2)16(19)18-9-11-4-3-7-17-14(11)10-18/h5-6,8,11,14,17H,3-4,7,9-10H2,1-2H3/t11-,14+/m0/s1. The maximum absolute atomic E-state index is 12.7. The van der Waals surface area contributed by atoms with Crippen molar-refractivity contribution in [2.45, 2.75) is 18.9 Å². The van der Waals surface area contributed by atoms with Gasteiger partial charge in [-0.15, -0.1) is 0 Å². The minimum Gasteiger partial charge on any atom is -0.497 e. The van der Waals surface area contributed by atoms with E-state index in [1.807, 2.05) is 4.90 Å². The minimum absolute atomic E-state index is 0.0469. The van der Waals surface area contributed by atoms with Crippen molar-refractivity contribution in [2.75, 3.05) is 33.9 Å². The molecule has 0 aliphatic carbocycles. The third-order valence-corrected chi connectivity index (χ3v) is 4.53. The minimum atomic E-state index is 0.0469. The van der Waals surface area contributed by atoms with Gasteiger partial charge in [0.05, 0.1) is 19.8 Å². The summed E-state index contributed by atoms with van der Waals surface area (Å²) < 4.78 is 10.5. The molecule has 2 atom stereocenters. The summed E-state index contributed by atoms with van der Waals surface area (Å²) >= 11 is 0. The summed E-state index contributed by atoms with van der Waals surface area (Å²) in [5.74, 6) is 1.90. The number of benzene rings is 1. The van der Waals surface area contributed by atoms with Crippen LogP contribution in [0.25, 0.3) is 0 Å². The summed E-state index contributed by atoms with van der Waals surface area (Å²) in [6, 6.07) is 5.80. The number of ether oxygens (including phenoxy) is 2. The van der Waals surface area contributed by atoms with Crippen molar-refractivity contribution in [3.05, 3.63) is 23.8 Å². The highest BCUT2D eigenvalue weighted by Crippen LogP contribution is 2.30. The van der Waals surface area contributed by atoms with Gasteiger partial charge in [-0.25, -0.2) is 0 Å². The number of methoxy groups -OCH3 is 2. The van der Waals surface area contributed by atoms with Gasteiger partial charge in [0.2, 0.25) is 0 Å². The molecule has 21 heavy (non-hydrogen) atoms. The van der Waals surface area contributed by atoms with Crippen LogP contribution in [0.3, 0.4) is 0 Å². The highest BCUT2D eigenvalue weighted by Gasteiger charge is 2.37. The molecule has 114 valence electrons. The molecule has 2 fully saturated rings. The molecule has 0 radical (unpaired) electrons. The quantitative estimate of drug-likeness (QED) is 0.917. The highest BCUT2D eigenvalue weighted by molar-refractivity contribution is 5.97. The average molecular weight is 290 g/mol. The van der Waals surface area contributed by atoms with Gasteiger partial charge in [0.15, 0.2) is 0 Å². The molecule has 1 aromatic rings. The van der Waals surface area contributed by atoms with Crippen molar-refractivity contribution in [3.63, 3.8) is 0 Å². The molecule has 0 spiro atoms. The van der Waals surface area contributed by atoms with Gasteiger partial charge in [-0.2, -0.15) is 0 Å². The van der Waals surface area contributed by atoms with E-state index < -0.39 is 0 Å². The van der Waals surface area contributed by atoms with Crippen LogP contribution in [0.1, 0.15) is 23.2 Å². The van der Waals surface area contributed by atoms with Crippen LogP contribution in [-0.4, -0.2) is 50.7 Å². The Bertz CT molecular complexity index is 518. The first kappa shape index (κ1) is 14.2. The molecule has 0 bridgehead atoms. The molecular formula is C16H22N2O3. The largest absolute Gasteiger partial charge is 0.497 e. The molecule has 2 saturated heterocycles. The molecule has 1 N–H and O–H groups in total. The molecule has 0 aromatic heterocycles. The number of fused-ring (bicyclic) bond motifs is 1. The molecule has 1 aromatic carbocycles. The molecular weight excluding hydrogens is 268 g/mol. The fourth-order valence-corrected chi connectivity index (χ4v) is 3.36. The van der Waals surface area contributed by atoms with Crippen LogP contribution in [0.15, 0.2) is 18.2 Å². The van der Waals surface area contributed by atoms with Gasteiger partial charge in [-0.3, -0.25) is 4.79 Å². The molecule has 2 heterocycles. The first-order chi connectivity index (χ1) is 10.2. The Kier molecular flexibility index (Phi) is 4.01. The number of nitrogens with zero attached hydrogens (tertiary/aromatic N) is 1. The molecule has 0 unspecified atom stereocenters. The zero-order chi connectivity index (χ0) is 14.8. The second-order valence-electron chi connectivity index (χ2n) is 5.74. The van der Waals surface area contributed by atoms with Crippen molar-refractivity contribution in [3.8, 4) is 11.5 Å². The molecule has 3 rings (SSSR count). The summed E-state index contributed by atoms with van der Waals surface area (Å²) in [4.78, 5) is 14.7. The number of carbonyl (C=O) groups excluding carboxylic acids is 1. The van der Waals surface area contributed by atoms with Gasteiger partial charge in [0.25, 0.3) is 5.91 Å². The second-order valence-corrected chi connectivity index (χ2v) is 5.74. The normalized spacial score (nSPS) is 24.6. The molecule has 1 amide bonds. The van der Waals surface area contributed by atoms with E-state index in [-0.39, 0.29) is 5.91 Å². The van der Waals surface area contributed by atoms with E-state index in [2.05, 4.69) is 5.32 Å². The van der Waals surface area contributed by atoms with Crippen LogP contribution < -0.4 is 14.8 Å². The Hall–Kier alpha value is -1.75. The van der Waals surface area contributed by atoms with E-state index in [9.17, 15) is 4.79 Å². The van der Waals surface area contributed by atoms with Crippen molar-refractivity contribution < 1.29 is 14.3 Å². The Morgan fingerprint density at radius 3 is 2.86 bits per heavy atom. The monoisotopic (exact) mass is 290 g/mol. The van der Waals surface area contributed by atoms with Gasteiger partial charge in [0, 0.05) is 25.2 Å². The van der Waals surface area contributed by atoms with Crippen molar-refractivity contribution in [1.29, 1.82) is 0 Å². The lowest BCUT2D eigenvalue weighted by Gasteiger charge is -2.24. The molecule has 5 nitrogen and oxygen atoms in total. The predicted octanol–water partition coefficient (Wildman–Crippen LogP) is 1.53. The van der Waals surface area contributed by atoms with Gasteiger partial charge in [-0.05, 0) is 37.4 Å². The Balaban J connectivity index is 1.79. The summed E-state index contributed by atoms with van der Waals surface area (Å²) in [6.07, 6.45) is 2.41. The SMILES string of the molecule is COc1ccc(C(=O)N2C[C@@H]3CCCN[C@@H]3C2)c(OC)c1. The number of nitrogens with one attached hydrogen (secondary N) is 1. The number of hydrogen-bond donors (Lipinski definition) is 1. The maximum Gasteiger partial charge on any atom is 0.257 e. The van der Waals surface area contributed by atoms with E-state index in [1.165, 1.54) is 12.8 Å². The van der Waals surface area contributed by atoms with Gasteiger partial charge < -0.3 is 19.7 Å². The smallest absolute Gasteiger partial charge is 0.257 e. The lowest BCUT2D eigenvalue weighted by Crippen LogP contribution is -2.41. The molecule has 5 heteroatoms. The van der Waals surface area contributed by atoms with Crippen molar-refractivity contribution in [2.24, 2.45) is 5.92 Å². The van der Waals surface area contributed by atoms with Gasteiger partial charge in [0.1, 0.15) is 11.5 Å². The molecule has 2 aliphatic rings. The van der Waals surface area contributed by atoms with E-state index in [4.69, 9.17) is 9.47 Å². The average Bonchev–Trinajstić information content (AvgIpc) is 2.97. The topological polar surface area (TPSA) is 50.8 Å². The van der Waals surface area contributed by atoms with E-state index >= 15 is 0 Å². The van der Waals surface area contributed by atoms with Crippen LogP contribution in [0.4, 0.5) is 0 Å². The summed E-state index contributed by atoms with van der Waals surface area (Å²) in [7, 11) is 3.18. The number of rotatable bonds is 3. The number of carbonyl (C=O) groups is 1. The fraction of sp³-hybridized carbons (Fsp3) is 0.562. The van der Waals surface area contributed by atoms with E-state index in [0.29, 0.717) is 29.0 Å². The summed E-state index contributed by atoms with van der Waals surface area (Å²) in [5.41, 5.74) is 0.608. The van der Waals surface area contributed by atoms with Crippen LogP contribution in [0.5, 0.6) is 11.5 Å². The first-order valence-corrected chi connectivity index (χ1v) is 7.47. The Morgan fingerprint density at radius 2 is 2.14 bits per heavy atom. The number of amides is 1. The zero-order valence-electron chi connectivity index (χ0n) is 12.6. The van der Waals surface area contributed by atoms with Crippen molar-refractivity contribution in [1.82, 2.24) is 10.2 Å². The van der Waals surface area contributed by atoms with Crippen LogP contribution >= 0.6 is 0 Å². The van der Waals surface area contributed by atoms with Crippen LogP contribution in [0, 0.1) is 5.92 Å². The number of hydrogen-bond acceptors (Lipinski definition) is 4. The van der Waals surface area contributed by atoms with Crippen LogP contribution in [0.2, 0.25) is 0 Å². The molecule has 2 aliphatic heterocycles. The fourth-order valence-electron chi connectivity index (χ4n) is 3.36. The second kappa shape index (κ2) is 5.93. The first-order valence-electron chi connectivity index (χ1n) is 7.47. The predicted molar refractivity (Wildman–Crippen MR) is 80.0 cm³/mol. The van der Waals surface area contributed by atoms with E-state index in [1.54, 1.807) is 32.4 Å². The summed E-state index contributed by atoms with van der Waals surface area (Å²) in [6.45, 7) is 2.69. The lowest BCUT2D eigenvalue weighted by molar-refractivity contribution is 0.0782. The Morgan fingerprint density at radius 1 is 1.29 bits per heavy atom. The third kappa shape index (κ3) is 2.70. The Labute approximate surface area is 125 Å². The lowest BCUT2D eigenvalue weighted by atomic mass is 9.94. The van der Waals surface area contributed by atoms with Crippen LogP contribution in [-0.2, 0) is 0 Å². The van der Waals surface area contributed by atoms with E-state index in [0.717, 1.165) is 19.6 Å². The molecule has 0 saturated carbocycles. The third-order valence-electron chi connectivity index (χ3n) is 4.53. The van der Waals surface area contributed by atoms with Gasteiger partial charge >= 0.3 is 0 Å². The van der Waals surface area contributed by atoms with Gasteiger partial charge in [-0.1, -0.05) is 0 Å². The number of piperidine rings is 1. The summed E-state index contributed by atoms with van der Waals surface area (Å²) in [5, 5.41) is 3.52. The number of likely N-dealkylation sites (tertiary alicyclic amines) is 1. The highest BCUT2D eigenvalue weighted by atomic mass is 16.5. The van der Waals surface area contributed by atoms with Crippen molar-refractivity contribution >= 4 is 5.91 Å². The zero-order valence-corrected chi connectivity index (χ0v) is 12.6.